The number of hydrogen-bond donors (Lipinski definition) is 1. The molecule has 0 aliphatic carbocycles. The summed E-state index contributed by atoms with van der Waals surface area (Å²) in [7, 11) is 1.47. The lowest BCUT2D eigenvalue weighted by atomic mass is 9.97. The summed E-state index contributed by atoms with van der Waals surface area (Å²) >= 11 is 0. The molecule has 180 valence electrons. The maximum Gasteiger partial charge on any atom is 0.308 e. The van der Waals surface area contributed by atoms with Crippen LogP contribution in [0.15, 0.2) is 29.3 Å². The quantitative estimate of drug-likeness (QED) is 0.250. The van der Waals surface area contributed by atoms with E-state index in [4.69, 9.17) is 14.5 Å². The largest absolute Gasteiger partial charge is 0.469 e. The molecule has 7 nitrogen and oxygen atoms in total. The first-order valence-corrected chi connectivity index (χ1v) is 11.5. The van der Waals surface area contributed by atoms with Gasteiger partial charge in [-0.1, -0.05) is 24.3 Å². The van der Waals surface area contributed by atoms with Crippen molar-refractivity contribution in [1.82, 2.24) is 15.1 Å². The number of esters is 1. The molecule has 0 radical (unpaired) electrons. The molecule has 0 saturated carbocycles. The molecule has 32 heavy (non-hydrogen) atoms. The molecule has 2 heterocycles. The highest BCUT2D eigenvalue weighted by Gasteiger charge is 2.27. The Morgan fingerprint density at radius 3 is 2.28 bits per heavy atom. The summed E-state index contributed by atoms with van der Waals surface area (Å²) in [4.78, 5) is 21.3. The van der Waals surface area contributed by atoms with Crippen LogP contribution in [0.5, 0.6) is 0 Å². The summed E-state index contributed by atoms with van der Waals surface area (Å²) in [5, 5.41) is 3.40. The first kappa shape index (κ1) is 26.9. The van der Waals surface area contributed by atoms with Crippen LogP contribution in [-0.4, -0.2) is 73.8 Å². The van der Waals surface area contributed by atoms with Crippen molar-refractivity contribution in [2.24, 2.45) is 10.9 Å². The van der Waals surface area contributed by atoms with Crippen molar-refractivity contribution in [3.05, 3.63) is 35.4 Å². The molecule has 0 aromatic heterocycles. The van der Waals surface area contributed by atoms with Crippen LogP contribution in [0, 0.1) is 5.92 Å². The van der Waals surface area contributed by atoms with Crippen LogP contribution in [0.2, 0.25) is 0 Å². The van der Waals surface area contributed by atoms with Gasteiger partial charge in [-0.3, -0.25) is 9.69 Å². The minimum Gasteiger partial charge on any atom is -0.469 e. The van der Waals surface area contributed by atoms with E-state index in [1.165, 1.54) is 18.2 Å². The lowest BCUT2D eigenvalue weighted by Gasteiger charge is -2.35. The standard InChI is InChI=1S/C24H38N4O3.HI/c1-5-25-24(28-12-10-22(11-13-28)23(29)30-4)26-14-20-6-8-21(9-7-20)17-27-15-18(2)31-19(3)16-27;/h6-9,18-19,22H,5,10-17H2,1-4H3,(H,25,26);1H. The Bertz CT molecular complexity index is 725. The van der Waals surface area contributed by atoms with Crippen LogP contribution in [0.4, 0.5) is 0 Å². The van der Waals surface area contributed by atoms with Crippen LogP contribution >= 0.6 is 24.0 Å². The second-order valence-electron chi connectivity index (χ2n) is 8.72. The summed E-state index contributed by atoms with van der Waals surface area (Å²) in [6.07, 6.45) is 2.20. The molecule has 8 heteroatoms. The number of rotatable bonds is 6. The average Bonchev–Trinajstić information content (AvgIpc) is 2.76. The monoisotopic (exact) mass is 558 g/mol. The predicted molar refractivity (Wildman–Crippen MR) is 138 cm³/mol. The van der Waals surface area contributed by atoms with E-state index in [-0.39, 0.29) is 35.9 Å². The van der Waals surface area contributed by atoms with Gasteiger partial charge in [0.05, 0.1) is 31.8 Å². The Hall–Kier alpha value is -1.39. The topological polar surface area (TPSA) is 66.4 Å². The molecular weight excluding hydrogens is 519 g/mol. The number of likely N-dealkylation sites (tertiary alicyclic amines) is 1. The molecule has 0 bridgehead atoms. The number of hydrogen-bond acceptors (Lipinski definition) is 5. The zero-order valence-corrected chi connectivity index (χ0v) is 22.2. The van der Waals surface area contributed by atoms with E-state index >= 15 is 0 Å². The Kier molecular flexibility index (Phi) is 11.2. The number of carbonyl (C=O) groups is 1. The normalized spacial score (nSPS) is 22.9. The number of carbonyl (C=O) groups excluding carboxylic acids is 1. The SMILES string of the molecule is CCNC(=NCc1ccc(CN2CC(C)OC(C)C2)cc1)N1CCC(C(=O)OC)CC1.I. The molecule has 2 fully saturated rings. The molecule has 1 aromatic carbocycles. The average molecular weight is 559 g/mol. The van der Waals surface area contributed by atoms with Gasteiger partial charge in [0.2, 0.25) is 0 Å². The molecule has 2 aliphatic heterocycles. The van der Waals surface area contributed by atoms with Gasteiger partial charge in [0, 0.05) is 39.3 Å². The lowest BCUT2D eigenvalue weighted by Crippen LogP contribution is -2.46. The van der Waals surface area contributed by atoms with Gasteiger partial charge in [-0.15, -0.1) is 24.0 Å². The molecule has 2 unspecified atom stereocenters. The van der Waals surface area contributed by atoms with E-state index in [1.807, 2.05) is 0 Å². The van der Waals surface area contributed by atoms with Gasteiger partial charge >= 0.3 is 5.97 Å². The fourth-order valence-electron chi connectivity index (χ4n) is 4.51. The first-order valence-electron chi connectivity index (χ1n) is 11.5. The van der Waals surface area contributed by atoms with E-state index < -0.39 is 0 Å². The number of benzene rings is 1. The third-order valence-electron chi connectivity index (χ3n) is 6.00. The third kappa shape index (κ3) is 7.88. The Labute approximate surface area is 209 Å². The van der Waals surface area contributed by atoms with Gasteiger partial charge in [-0.05, 0) is 44.7 Å². The summed E-state index contributed by atoms with van der Waals surface area (Å²) in [6.45, 7) is 12.4. The zero-order valence-electron chi connectivity index (χ0n) is 19.9. The maximum atomic E-state index is 11.8. The van der Waals surface area contributed by atoms with Crippen LogP contribution in [0.25, 0.3) is 0 Å². The van der Waals surface area contributed by atoms with Crippen molar-refractivity contribution >= 4 is 35.9 Å². The fourth-order valence-corrected chi connectivity index (χ4v) is 4.51. The molecule has 3 rings (SSSR count). The number of nitrogens with zero attached hydrogens (tertiary/aromatic N) is 3. The molecule has 0 amide bonds. The van der Waals surface area contributed by atoms with Crippen LogP contribution in [-0.2, 0) is 27.4 Å². The van der Waals surface area contributed by atoms with Crippen molar-refractivity contribution in [2.75, 3.05) is 39.8 Å². The van der Waals surface area contributed by atoms with Gasteiger partial charge in [-0.25, -0.2) is 4.99 Å². The minimum atomic E-state index is -0.0947. The number of aliphatic imine (C=N–C) groups is 1. The van der Waals surface area contributed by atoms with E-state index in [1.54, 1.807) is 0 Å². The van der Waals surface area contributed by atoms with Crippen molar-refractivity contribution in [1.29, 1.82) is 0 Å². The third-order valence-corrected chi connectivity index (χ3v) is 6.00. The van der Waals surface area contributed by atoms with Gasteiger partial charge in [0.1, 0.15) is 0 Å². The summed E-state index contributed by atoms with van der Waals surface area (Å²) < 4.78 is 10.7. The molecule has 1 N–H and O–H groups in total. The second-order valence-corrected chi connectivity index (χ2v) is 8.72. The van der Waals surface area contributed by atoms with Crippen molar-refractivity contribution in [3.63, 3.8) is 0 Å². The number of nitrogens with one attached hydrogen (secondary N) is 1. The number of guanidine groups is 1. The molecule has 0 spiro atoms. The summed E-state index contributed by atoms with van der Waals surface area (Å²) in [5.41, 5.74) is 2.53. The first-order chi connectivity index (χ1) is 15.0. The van der Waals surface area contributed by atoms with Crippen molar-refractivity contribution in [2.45, 2.75) is 58.9 Å². The van der Waals surface area contributed by atoms with Crippen molar-refractivity contribution in [3.8, 4) is 0 Å². The Morgan fingerprint density at radius 2 is 1.72 bits per heavy atom. The van der Waals surface area contributed by atoms with Crippen LogP contribution < -0.4 is 5.32 Å². The summed E-state index contributed by atoms with van der Waals surface area (Å²) in [5.74, 6) is 0.836. The summed E-state index contributed by atoms with van der Waals surface area (Å²) in [6, 6.07) is 8.78. The molecular formula is C24H39IN4O3. The zero-order chi connectivity index (χ0) is 22.2. The highest BCUT2D eigenvalue weighted by molar-refractivity contribution is 14.0. The van der Waals surface area contributed by atoms with Crippen molar-refractivity contribution < 1.29 is 14.3 Å². The Morgan fingerprint density at radius 1 is 1.12 bits per heavy atom. The highest BCUT2D eigenvalue weighted by atomic mass is 127. The van der Waals surface area contributed by atoms with Gasteiger partial charge < -0.3 is 19.7 Å². The highest BCUT2D eigenvalue weighted by Crippen LogP contribution is 2.19. The lowest BCUT2D eigenvalue weighted by molar-refractivity contribution is -0.146. The van der Waals surface area contributed by atoms with E-state index in [9.17, 15) is 4.79 Å². The number of piperidine rings is 1. The number of halogens is 1. The molecule has 1 aromatic rings. The number of methoxy groups -OCH3 is 1. The van der Waals surface area contributed by atoms with Gasteiger partial charge in [0.15, 0.2) is 5.96 Å². The molecule has 2 atom stereocenters. The predicted octanol–water partition coefficient (Wildman–Crippen LogP) is 3.26. The molecule has 2 saturated heterocycles. The maximum absolute atomic E-state index is 11.8. The number of morpholine rings is 1. The fraction of sp³-hybridized carbons (Fsp3) is 0.667. The van der Waals surface area contributed by atoms with E-state index in [0.717, 1.165) is 58.1 Å². The van der Waals surface area contributed by atoms with E-state index in [2.05, 4.69) is 60.2 Å². The van der Waals surface area contributed by atoms with Gasteiger partial charge in [0.25, 0.3) is 0 Å². The van der Waals surface area contributed by atoms with E-state index in [0.29, 0.717) is 18.8 Å². The Balaban J connectivity index is 0.00000363. The molecule has 2 aliphatic rings. The second kappa shape index (κ2) is 13.3. The van der Waals surface area contributed by atoms with Crippen LogP contribution in [0.1, 0.15) is 44.7 Å². The van der Waals surface area contributed by atoms with Gasteiger partial charge in [-0.2, -0.15) is 0 Å². The smallest absolute Gasteiger partial charge is 0.308 e. The number of ether oxygens (including phenoxy) is 2. The van der Waals surface area contributed by atoms with Crippen LogP contribution in [0.3, 0.4) is 0 Å². The minimum absolute atomic E-state index is 0.